The van der Waals surface area contributed by atoms with Crippen molar-refractivity contribution in [2.24, 2.45) is 0 Å². The first-order valence-electron chi connectivity index (χ1n) is 5.81. The summed E-state index contributed by atoms with van der Waals surface area (Å²) < 4.78 is 16.2. The third-order valence-corrected chi connectivity index (χ3v) is 5.74. The van der Waals surface area contributed by atoms with Crippen LogP contribution in [-0.4, -0.2) is 56.2 Å². The van der Waals surface area contributed by atoms with Crippen LogP contribution in [0.1, 0.15) is 20.8 Å². The van der Waals surface area contributed by atoms with E-state index < -0.39 is 44.9 Å². The van der Waals surface area contributed by atoms with Crippen LogP contribution in [0.15, 0.2) is 0 Å². The molecule has 0 aromatic carbocycles. The van der Waals surface area contributed by atoms with Gasteiger partial charge in [0, 0.05) is 6.92 Å². The molecule has 7 nitrogen and oxygen atoms in total. The number of fused-ring (bicyclic) bond motifs is 1. The number of amides is 2. The molecule has 8 heteroatoms. The van der Waals surface area contributed by atoms with Crippen molar-refractivity contribution in [3.05, 3.63) is 0 Å². The van der Waals surface area contributed by atoms with Crippen LogP contribution in [0.3, 0.4) is 0 Å². The predicted octanol–water partition coefficient (Wildman–Crippen LogP) is -1.26. The highest BCUT2D eigenvalue weighted by Crippen LogP contribution is 2.43. The number of ether oxygens (including phenoxy) is 1. The van der Waals surface area contributed by atoms with Crippen molar-refractivity contribution in [2.75, 3.05) is 7.11 Å². The molecule has 0 aromatic rings. The van der Waals surface area contributed by atoms with Crippen molar-refractivity contribution >= 4 is 28.6 Å². The van der Waals surface area contributed by atoms with Crippen LogP contribution in [0.5, 0.6) is 0 Å². The van der Waals surface area contributed by atoms with Crippen molar-refractivity contribution in [3.63, 3.8) is 0 Å². The highest BCUT2D eigenvalue weighted by Gasteiger charge is 2.68. The molecule has 2 fully saturated rings. The quantitative estimate of drug-likeness (QED) is 0.506. The second-order valence-corrected chi connectivity index (χ2v) is 7.27. The van der Waals surface area contributed by atoms with Crippen molar-refractivity contribution in [1.82, 2.24) is 10.2 Å². The number of β-lactam (4-membered cyclic amide) rings is 1. The van der Waals surface area contributed by atoms with Gasteiger partial charge in [0.25, 0.3) is 0 Å². The van der Waals surface area contributed by atoms with Crippen molar-refractivity contribution < 1.29 is 23.3 Å². The second-order valence-electron chi connectivity index (χ2n) is 5.14. The van der Waals surface area contributed by atoms with Gasteiger partial charge in [0.1, 0.15) is 17.5 Å². The van der Waals surface area contributed by atoms with E-state index in [1.807, 2.05) is 0 Å². The molecule has 0 unspecified atom stereocenters. The minimum Gasteiger partial charge on any atom is -0.467 e. The molecular weight excluding hydrogens is 272 g/mol. The van der Waals surface area contributed by atoms with Crippen LogP contribution in [0.4, 0.5) is 0 Å². The monoisotopic (exact) mass is 288 g/mol. The molecule has 0 spiro atoms. The van der Waals surface area contributed by atoms with Gasteiger partial charge >= 0.3 is 5.97 Å². The summed E-state index contributed by atoms with van der Waals surface area (Å²) in [7, 11) is -0.225. The molecule has 19 heavy (non-hydrogen) atoms. The average Bonchev–Trinajstić information content (AvgIpc) is 2.52. The van der Waals surface area contributed by atoms with E-state index in [1.165, 1.54) is 18.9 Å². The summed E-state index contributed by atoms with van der Waals surface area (Å²) in [5.41, 5.74) is 0. The zero-order valence-corrected chi connectivity index (χ0v) is 11.9. The van der Waals surface area contributed by atoms with Gasteiger partial charge in [0.2, 0.25) is 11.8 Å². The highest BCUT2D eigenvalue weighted by atomic mass is 32.2. The summed E-state index contributed by atoms with van der Waals surface area (Å²) in [5.74, 6) is -1.35. The summed E-state index contributed by atoms with van der Waals surface area (Å²) in [4.78, 5) is 36.1. The van der Waals surface area contributed by atoms with Gasteiger partial charge in [0.05, 0.1) is 22.7 Å². The number of esters is 1. The van der Waals surface area contributed by atoms with E-state index in [0.717, 1.165) is 0 Å². The Bertz CT molecular complexity index is 489. The largest absolute Gasteiger partial charge is 0.467 e. The Balaban J connectivity index is 2.34. The molecular formula is C11H16N2O5S. The van der Waals surface area contributed by atoms with Gasteiger partial charge in [-0.05, 0) is 13.8 Å². The zero-order chi connectivity index (χ0) is 14.5. The maximum Gasteiger partial charge on any atom is 0.330 e. The first-order chi connectivity index (χ1) is 8.73. The van der Waals surface area contributed by atoms with Crippen LogP contribution in [-0.2, 0) is 29.9 Å². The lowest BCUT2D eigenvalue weighted by atomic mass is 9.96. The van der Waals surface area contributed by atoms with E-state index >= 15 is 0 Å². The molecule has 0 bridgehead atoms. The molecule has 2 saturated heterocycles. The topological polar surface area (TPSA) is 92.8 Å². The summed E-state index contributed by atoms with van der Waals surface area (Å²) in [6, 6.07) is -1.69. The average molecular weight is 288 g/mol. The van der Waals surface area contributed by atoms with Crippen molar-refractivity contribution in [3.8, 4) is 0 Å². The van der Waals surface area contributed by atoms with E-state index in [9.17, 15) is 18.6 Å². The van der Waals surface area contributed by atoms with Crippen molar-refractivity contribution in [1.29, 1.82) is 0 Å². The first-order valence-corrected chi connectivity index (χ1v) is 7.02. The Morgan fingerprint density at radius 3 is 2.47 bits per heavy atom. The first kappa shape index (κ1) is 14.0. The SMILES string of the molecule is COC(=O)[C@H]1N2C(=O)[C@@H](NC(C)=O)[C@H]2[S@](=O)C1(C)C. The molecule has 2 rings (SSSR count). The number of nitrogens with zero attached hydrogens (tertiary/aromatic N) is 1. The highest BCUT2D eigenvalue weighted by molar-refractivity contribution is 7.87. The molecule has 0 radical (unpaired) electrons. The minimum atomic E-state index is -1.45. The molecule has 0 aliphatic carbocycles. The lowest BCUT2D eigenvalue weighted by Crippen LogP contribution is -2.71. The minimum absolute atomic E-state index is 0.366. The molecule has 0 saturated carbocycles. The number of carbonyl (C=O) groups excluding carboxylic acids is 3. The van der Waals surface area contributed by atoms with Crippen LogP contribution in [0.25, 0.3) is 0 Å². The number of hydrogen-bond donors (Lipinski definition) is 1. The van der Waals surface area contributed by atoms with Gasteiger partial charge in [-0.3, -0.25) is 13.8 Å². The van der Waals surface area contributed by atoms with E-state index in [2.05, 4.69) is 10.1 Å². The summed E-state index contributed by atoms with van der Waals surface area (Å²) >= 11 is 0. The van der Waals surface area contributed by atoms with Gasteiger partial charge in [-0.1, -0.05) is 0 Å². The number of methoxy groups -OCH3 is 1. The summed E-state index contributed by atoms with van der Waals surface area (Å²) in [5, 5.41) is 1.81. The van der Waals surface area contributed by atoms with Gasteiger partial charge in [0.15, 0.2) is 0 Å². The van der Waals surface area contributed by atoms with Gasteiger partial charge in [-0.2, -0.15) is 0 Å². The maximum atomic E-state index is 12.4. The molecule has 0 aromatic heterocycles. The van der Waals surface area contributed by atoms with Crippen LogP contribution < -0.4 is 5.32 Å². The van der Waals surface area contributed by atoms with Gasteiger partial charge in [-0.25, -0.2) is 4.79 Å². The number of rotatable bonds is 2. The van der Waals surface area contributed by atoms with Crippen LogP contribution >= 0.6 is 0 Å². The van der Waals surface area contributed by atoms with Crippen LogP contribution in [0, 0.1) is 0 Å². The zero-order valence-electron chi connectivity index (χ0n) is 11.1. The molecule has 2 amide bonds. The Kier molecular flexibility index (Phi) is 3.16. The second kappa shape index (κ2) is 4.29. The van der Waals surface area contributed by atoms with E-state index in [-0.39, 0.29) is 5.91 Å². The summed E-state index contributed by atoms with van der Waals surface area (Å²) in [6.07, 6.45) is 0. The third kappa shape index (κ3) is 1.77. The molecule has 2 aliphatic rings. The molecule has 2 aliphatic heterocycles. The maximum absolute atomic E-state index is 12.4. The van der Waals surface area contributed by atoms with Gasteiger partial charge in [-0.15, -0.1) is 0 Å². The molecule has 106 valence electrons. The summed E-state index contributed by atoms with van der Waals surface area (Å²) in [6.45, 7) is 4.60. The number of nitrogens with one attached hydrogen (secondary N) is 1. The lowest BCUT2D eigenvalue weighted by molar-refractivity contribution is -0.162. The van der Waals surface area contributed by atoms with Crippen LogP contribution in [0.2, 0.25) is 0 Å². The Hall–Kier alpha value is -1.44. The standard InChI is InChI=1S/C11H16N2O5S/c1-5(14)12-6-8(15)13-7(10(16)18-4)11(2,3)19(17)9(6)13/h6-7,9H,1-4H3,(H,12,14)/t6-,7-,9-,19+/m1/s1. The molecule has 4 atom stereocenters. The number of carbonyl (C=O) groups is 3. The normalized spacial score (nSPS) is 35.4. The fraction of sp³-hybridized carbons (Fsp3) is 0.727. The molecule has 1 N–H and O–H groups in total. The fourth-order valence-corrected chi connectivity index (χ4v) is 4.52. The lowest BCUT2D eigenvalue weighted by Gasteiger charge is -2.43. The Morgan fingerprint density at radius 1 is 1.42 bits per heavy atom. The van der Waals surface area contributed by atoms with Crippen molar-refractivity contribution in [2.45, 2.75) is 43.0 Å². The predicted molar refractivity (Wildman–Crippen MR) is 66.3 cm³/mol. The van der Waals surface area contributed by atoms with Gasteiger partial charge < -0.3 is 15.0 Å². The number of hydrogen-bond acceptors (Lipinski definition) is 5. The van der Waals surface area contributed by atoms with E-state index in [0.29, 0.717) is 0 Å². The third-order valence-electron chi connectivity index (χ3n) is 3.54. The van der Waals surface area contributed by atoms with E-state index in [1.54, 1.807) is 13.8 Å². The smallest absolute Gasteiger partial charge is 0.330 e. The molecule has 2 heterocycles. The Morgan fingerprint density at radius 2 is 2.00 bits per heavy atom. The fourth-order valence-electron chi connectivity index (χ4n) is 2.60. The Labute approximate surface area is 113 Å². The van der Waals surface area contributed by atoms with E-state index in [4.69, 9.17) is 0 Å².